The van der Waals surface area contributed by atoms with Crippen LogP contribution >= 0.6 is 0 Å². The second-order valence-corrected chi connectivity index (χ2v) is 7.13. The minimum absolute atomic E-state index is 0.324. The highest BCUT2D eigenvalue weighted by Gasteiger charge is 2.25. The van der Waals surface area contributed by atoms with Gasteiger partial charge < -0.3 is 15.4 Å². The van der Waals surface area contributed by atoms with Crippen LogP contribution in [-0.2, 0) is 13.1 Å². The average Bonchev–Trinajstić information content (AvgIpc) is 3.26. The Morgan fingerprint density at radius 1 is 1.21 bits per heavy atom. The number of hydrogen-bond donors (Lipinski definition) is 2. The number of hydrogen-bond acceptors (Lipinski definition) is 6. The zero-order valence-corrected chi connectivity index (χ0v) is 16.1. The van der Waals surface area contributed by atoms with Crippen molar-refractivity contribution in [2.24, 2.45) is 0 Å². The molecule has 146 valence electrons. The Balaban J connectivity index is 1.48. The first-order valence-electron chi connectivity index (χ1n) is 9.72. The molecule has 2 aromatic carbocycles. The van der Waals surface area contributed by atoms with E-state index >= 15 is 0 Å². The van der Waals surface area contributed by atoms with Crippen molar-refractivity contribution >= 4 is 0 Å². The molecule has 1 aliphatic rings. The van der Waals surface area contributed by atoms with Crippen LogP contribution in [0.5, 0.6) is 5.75 Å². The van der Waals surface area contributed by atoms with Crippen molar-refractivity contribution < 1.29 is 4.74 Å². The van der Waals surface area contributed by atoms with Crippen molar-refractivity contribution in [1.82, 2.24) is 30.8 Å². The summed E-state index contributed by atoms with van der Waals surface area (Å²) in [6.45, 7) is 2.45. The molecule has 2 atom stereocenters. The number of nitrogens with zero attached hydrogens (tertiary/aromatic N) is 4. The highest BCUT2D eigenvalue weighted by molar-refractivity contribution is 5.37. The Morgan fingerprint density at radius 2 is 2.11 bits per heavy atom. The molecular weight excluding hydrogens is 352 g/mol. The molecule has 28 heavy (non-hydrogen) atoms. The molecular formula is C21H26N6O. The van der Waals surface area contributed by atoms with Crippen LogP contribution in [0.25, 0.3) is 0 Å². The fraction of sp³-hybridized carbons (Fsp3) is 0.381. The normalized spacial score (nSPS) is 19.5. The Labute approximate surface area is 165 Å². The van der Waals surface area contributed by atoms with Gasteiger partial charge in [0.2, 0.25) is 0 Å². The van der Waals surface area contributed by atoms with Gasteiger partial charge in [-0.1, -0.05) is 36.4 Å². The van der Waals surface area contributed by atoms with Gasteiger partial charge >= 0.3 is 0 Å². The Morgan fingerprint density at radius 3 is 2.89 bits per heavy atom. The predicted molar refractivity (Wildman–Crippen MR) is 107 cm³/mol. The zero-order chi connectivity index (χ0) is 19.2. The molecule has 2 N–H and O–H groups in total. The van der Waals surface area contributed by atoms with Gasteiger partial charge in [-0.05, 0) is 53.1 Å². The zero-order valence-electron chi connectivity index (χ0n) is 16.1. The maximum absolute atomic E-state index is 5.58. The number of benzene rings is 2. The fourth-order valence-electron chi connectivity index (χ4n) is 3.87. The average molecular weight is 378 g/mol. The first kappa shape index (κ1) is 18.6. The van der Waals surface area contributed by atoms with E-state index in [9.17, 15) is 0 Å². The molecule has 3 aromatic rings. The lowest BCUT2D eigenvalue weighted by molar-refractivity contribution is 0.303. The molecule has 0 spiro atoms. The van der Waals surface area contributed by atoms with Gasteiger partial charge in [-0.3, -0.25) is 0 Å². The SMILES string of the molecule is COc1ccc(Cn2cnnn2)cc1CN[C@H]1CCCN[C@H]1c1ccccc1. The van der Waals surface area contributed by atoms with E-state index in [4.69, 9.17) is 4.74 Å². The monoisotopic (exact) mass is 378 g/mol. The number of aromatic nitrogens is 4. The highest BCUT2D eigenvalue weighted by atomic mass is 16.5. The van der Waals surface area contributed by atoms with Crippen LogP contribution in [0, 0.1) is 0 Å². The van der Waals surface area contributed by atoms with Gasteiger partial charge in [-0.25, -0.2) is 4.68 Å². The van der Waals surface area contributed by atoms with Gasteiger partial charge in [0.15, 0.2) is 0 Å². The molecule has 1 fully saturated rings. The van der Waals surface area contributed by atoms with Crippen LogP contribution in [0.3, 0.4) is 0 Å². The molecule has 2 heterocycles. The van der Waals surface area contributed by atoms with E-state index in [2.05, 4.69) is 68.6 Å². The smallest absolute Gasteiger partial charge is 0.138 e. The lowest BCUT2D eigenvalue weighted by atomic mass is 9.92. The third-order valence-corrected chi connectivity index (χ3v) is 5.25. The summed E-state index contributed by atoms with van der Waals surface area (Å²) >= 11 is 0. The summed E-state index contributed by atoms with van der Waals surface area (Å²) in [6.07, 6.45) is 3.96. The van der Waals surface area contributed by atoms with Gasteiger partial charge in [0.05, 0.1) is 13.7 Å². The minimum Gasteiger partial charge on any atom is -0.496 e. The molecule has 7 heteroatoms. The number of tetrazole rings is 1. The highest BCUT2D eigenvalue weighted by Crippen LogP contribution is 2.25. The van der Waals surface area contributed by atoms with Gasteiger partial charge in [0, 0.05) is 24.2 Å². The van der Waals surface area contributed by atoms with Gasteiger partial charge in [0.1, 0.15) is 12.1 Å². The summed E-state index contributed by atoms with van der Waals surface area (Å²) in [4.78, 5) is 0. The van der Waals surface area contributed by atoms with E-state index in [0.717, 1.165) is 36.4 Å². The van der Waals surface area contributed by atoms with E-state index in [-0.39, 0.29) is 0 Å². The van der Waals surface area contributed by atoms with Gasteiger partial charge in [0.25, 0.3) is 0 Å². The molecule has 7 nitrogen and oxygen atoms in total. The number of nitrogens with one attached hydrogen (secondary N) is 2. The molecule has 0 aliphatic carbocycles. The summed E-state index contributed by atoms with van der Waals surface area (Å²) in [5.74, 6) is 0.896. The number of ether oxygens (including phenoxy) is 1. The van der Waals surface area contributed by atoms with Crippen molar-refractivity contribution in [3.8, 4) is 5.75 Å². The molecule has 1 aliphatic heterocycles. The summed E-state index contributed by atoms with van der Waals surface area (Å²) in [5.41, 5.74) is 3.62. The Hall–Kier alpha value is -2.77. The van der Waals surface area contributed by atoms with E-state index < -0.39 is 0 Å². The van der Waals surface area contributed by atoms with Crippen molar-refractivity contribution in [2.75, 3.05) is 13.7 Å². The molecule has 0 radical (unpaired) electrons. The predicted octanol–water partition coefficient (Wildman–Crippen LogP) is 2.31. The first-order chi connectivity index (χ1) is 13.8. The number of rotatable bonds is 7. The summed E-state index contributed by atoms with van der Waals surface area (Å²) in [6, 6.07) is 17.6. The van der Waals surface area contributed by atoms with E-state index in [1.165, 1.54) is 12.0 Å². The van der Waals surface area contributed by atoms with Crippen LogP contribution in [0.15, 0.2) is 54.9 Å². The van der Waals surface area contributed by atoms with Gasteiger partial charge in [-0.15, -0.1) is 5.10 Å². The van der Waals surface area contributed by atoms with E-state index in [1.54, 1.807) is 18.1 Å². The molecule has 4 rings (SSSR count). The summed E-state index contributed by atoms with van der Waals surface area (Å²) < 4.78 is 7.30. The number of piperidine rings is 1. The second-order valence-electron chi connectivity index (χ2n) is 7.13. The second kappa shape index (κ2) is 8.95. The summed E-state index contributed by atoms with van der Waals surface area (Å²) in [5, 5.41) is 18.8. The molecule has 0 amide bonds. The fourth-order valence-corrected chi connectivity index (χ4v) is 3.87. The van der Waals surface area contributed by atoms with Gasteiger partial charge in [-0.2, -0.15) is 0 Å². The van der Waals surface area contributed by atoms with Crippen LogP contribution in [0.1, 0.15) is 35.6 Å². The summed E-state index contributed by atoms with van der Waals surface area (Å²) in [7, 11) is 1.72. The molecule has 1 saturated heterocycles. The van der Waals surface area contributed by atoms with Crippen LogP contribution in [-0.4, -0.2) is 39.9 Å². The third-order valence-electron chi connectivity index (χ3n) is 5.25. The van der Waals surface area contributed by atoms with Crippen LogP contribution < -0.4 is 15.4 Å². The standard InChI is InChI=1S/C21H26N6O/c1-28-20-10-9-16(14-27-15-24-25-26-27)12-18(20)13-23-19-8-5-11-22-21(19)17-6-3-2-4-7-17/h2-4,6-7,9-10,12,15,19,21-23H,5,8,11,13-14H2,1H3/t19-,21-/m0/s1. The Kier molecular flexibility index (Phi) is 5.94. The van der Waals surface area contributed by atoms with Crippen molar-refractivity contribution in [2.45, 2.75) is 38.0 Å². The Bertz CT molecular complexity index is 868. The maximum Gasteiger partial charge on any atom is 0.138 e. The van der Waals surface area contributed by atoms with Crippen molar-refractivity contribution in [3.63, 3.8) is 0 Å². The quantitative estimate of drug-likeness (QED) is 0.657. The molecule has 1 aromatic heterocycles. The largest absolute Gasteiger partial charge is 0.496 e. The molecule has 0 saturated carbocycles. The number of methoxy groups -OCH3 is 1. The lowest BCUT2D eigenvalue weighted by Gasteiger charge is -2.34. The van der Waals surface area contributed by atoms with Crippen LogP contribution in [0.4, 0.5) is 0 Å². The lowest BCUT2D eigenvalue weighted by Crippen LogP contribution is -2.45. The molecule has 0 bridgehead atoms. The van der Waals surface area contributed by atoms with Crippen molar-refractivity contribution in [3.05, 3.63) is 71.5 Å². The molecule has 0 unspecified atom stereocenters. The third kappa shape index (κ3) is 4.37. The van der Waals surface area contributed by atoms with Crippen LogP contribution in [0.2, 0.25) is 0 Å². The minimum atomic E-state index is 0.324. The first-order valence-corrected chi connectivity index (χ1v) is 9.72. The van der Waals surface area contributed by atoms with Crippen molar-refractivity contribution in [1.29, 1.82) is 0 Å². The van der Waals surface area contributed by atoms with E-state index in [1.807, 2.05) is 6.07 Å². The van der Waals surface area contributed by atoms with E-state index in [0.29, 0.717) is 18.6 Å². The maximum atomic E-state index is 5.58. The topological polar surface area (TPSA) is 76.9 Å².